The van der Waals surface area contributed by atoms with E-state index in [0.29, 0.717) is 41.6 Å². The molecule has 0 spiro atoms. The highest BCUT2D eigenvalue weighted by molar-refractivity contribution is 7.89. The van der Waals surface area contributed by atoms with Gasteiger partial charge in [-0.3, -0.25) is 4.79 Å². The van der Waals surface area contributed by atoms with Crippen LogP contribution in [0.5, 0.6) is 11.5 Å². The molecule has 0 radical (unpaired) electrons. The van der Waals surface area contributed by atoms with Crippen LogP contribution >= 0.6 is 11.6 Å². The maximum absolute atomic E-state index is 12.9. The maximum Gasteiger partial charge on any atom is 0.243 e. The summed E-state index contributed by atoms with van der Waals surface area (Å²) in [5.41, 5.74) is 0.590. The number of fused-ring (bicyclic) bond motifs is 1. The molecular weight excluding hydrogens is 404 g/mol. The van der Waals surface area contributed by atoms with Crippen molar-refractivity contribution in [1.82, 2.24) is 4.31 Å². The molecule has 1 N–H and O–H groups in total. The molecule has 2 aromatic carbocycles. The van der Waals surface area contributed by atoms with Crippen LogP contribution in [-0.2, 0) is 14.8 Å². The fourth-order valence-electron chi connectivity index (χ4n) is 3.35. The van der Waals surface area contributed by atoms with Crippen LogP contribution in [0.4, 0.5) is 5.69 Å². The third kappa shape index (κ3) is 3.80. The highest BCUT2D eigenvalue weighted by Crippen LogP contribution is 2.34. The lowest BCUT2D eigenvalue weighted by Crippen LogP contribution is -2.43. The van der Waals surface area contributed by atoms with Crippen LogP contribution in [-0.4, -0.2) is 38.5 Å². The molecule has 1 atom stereocenters. The molecule has 9 heteroatoms. The SMILES string of the molecule is O=C(Nc1ccc2c(c1)OCO2)[C@H]1CCCN(S(=O)(=O)c2ccc(Cl)cc2)C1. The third-order valence-corrected chi connectivity index (χ3v) is 6.98. The highest BCUT2D eigenvalue weighted by Gasteiger charge is 2.33. The number of benzene rings is 2. The number of carbonyl (C=O) groups excluding carboxylic acids is 1. The third-order valence-electron chi connectivity index (χ3n) is 4.85. The number of hydrogen-bond acceptors (Lipinski definition) is 5. The second kappa shape index (κ2) is 7.62. The zero-order valence-electron chi connectivity index (χ0n) is 14.9. The molecule has 0 unspecified atom stereocenters. The van der Waals surface area contributed by atoms with E-state index in [9.17, 15) is 13.2 Å². The number of nitrogens with zero attached hydrogens (tertiary/aromatic N) is 1. The van der Waals surface area contributed by atoms with Crippen molar-refractivity contribution >= 4 is 33.2 Å². The van der Waals surface area contributed by atoms with Crippen molar-refractivity contribution in [3.63, 3.8) is 0 Å². The second-order valence-corrected chi connectivity index (χ2v) is 9.09. The minimum atomic E-state index is -3.67. The first kappa shape index (κ1) is 19.0. The molecule has 148 valence electrons. The van der Waals surface area contributed by atoms with Crippen molar-refractivity contribution in [2.75, 3.05) is 25.2 Å². The molecule has 1 saturated heterocycles. The number of amides is 1. The predicted molar refractivity (Wildman–Crippen MR) is 104 cm³/mol. The van der Waals surface area contributed by atoms with Gasteiger partial charge in [-0.05, 0) is 49.2 Å². The van der Waals surface area contributed by atoms with Crippen molar-refractivity contribution in [1.29, 1.82) is 0 Å². The van der Waals surface area contributed by atoms with Crippen molar-refractivity contribution in [3.8, 4) is 11.5 Å². The number of ether oxygens (including phenoxy) is 2. The van der Waals surface area contributed by atoms with Crippen molar-refractivity contribution in [2.45, 2.75) is 17.7 Å². The quantitative estimate of drug-likeness (QED) is 0.818. The predicted octanol–water partition coefficient (Wildman–Crippen LogP) is 3.11. The summed E-state index contributed by atoms with van der Waals surface area (Å²) >= 11 is 5.85. The summed E-state index contributed by atoms with van der Waals surface area (Å²) in [6, 6.07) is 11.2. The average molecular weight is 423 g/mol. The smallest absolute Gasteiger partial charge is 0.243 e. The molecule has 1 amide bonds. The topological polar surface area (TPSA) is 84.9 Å². The molecule has 7 nitrogen and oxygen atoms in total. The Morgan fingerprint density at radius 1 is 1.11 bits per heavy atom. The number of piperidine rings is 1. The molecule has 2 aliphatic rings. The molecule has 0 aliphatic carbocycles. The Hall–Kier alpha value is -2.29. The Balaban J connectivity index is 1.45. The van der Waals surface area contributed by atoms with Crippen molar-refractivity contribution in [2.24, 2.45) is 5.92 Å². The van der Waals surface area contributed by atoms with Crippen molar-refractivity contribution in [3.05, 3.63) is 47.5 Å². The maximum atomic E-state index is 12.9. The van der Waals surface area contributed by atoms with Gasteiger partial charge in [0.1, 0.15) is 0 Å². The van der Waals surface area contributed by atoms with Gasteiger partial charge in [-0.15, -0.1) is 0 Å². The molecule has 1 fully saturated rings. The summed E-state index contributed by atoms with van der Waals surface area (Å²) in [6.07, 6.45) is 1.25. The number of rotatable bonds is 4. The second-order valence-electron chi connectivity index (χ2n) is 6.71. The van der Waals surface area contributed by atoms with Crippen LogP contribution < -0.4 is 14.8 Å². The summed E-state index contributed by atoms with van der Waals surface area (Å²) in [5.74, 6) is 0.570. The number of nitrogens with one attached hydrogen (secondary N) is 1. The van der Waals surface area contributed by atoms with Crippen LogP contribution in [0.2, 0.25) is 5.02 Å². The minimum absolute atomic E-state index is 0.140. The summed E-state index contributed by atoms with van der Waals surface area (Å²) in [7, 11) is -3.67. The van der Waals surface area contributed by atoms with Crippen LogP contribution in [0.25, 0.3) is 0 Å². The average Bonchev–Trinajstić information content (AvgIpc) is 3.16. The number of hydrogen-bond donors (Lipinski definition) is 1. The van der Waals surface area contributed by atoms with Gasteiger partial charge in [-0.1, -0.05) is 11.6 Å². The van der Waals surface area contributed by atoms with E-state index >= 15 is 0 Å². The van der Waals surface area contributed by atoms with E-state index in [0.717, 1.165) is 0 Å². The molecule has 0 aromatic heterocycles. The summed E-state index contributed by atoms with van der Waals surface area (Å²) in [6.45, 7) is 0.687. The van der Waals surface area contributed by atoms with Gasteiger partial charge in [0, 0.05) is 29.9 Å². The summed E-state index contributed by atoms with van der Waals surface area (Å²) in [4.78, 5) is 12.9. The van der Waals surface area contributed by atoms with Crippen LogP contribution in [0.3, 0.4) is 0 Å². The first-order valence-corrected chi connectivity index (χ1v) is 10.7. The Bertz CT molecular complexity index is 994. The number of carbonyl (C=O) groups is 1. The lowest BCUT2D eigenvalue weighted by molar-refractivity contribution is -0.120. The molecular formula is C19H19ClN2O5S. The van der Waals surface area contributed by atoms with Gasteiger partial charge in [0.25, 0.3) is 0 Å². The zero-order valence-corrected chi connectivity index (χ0v) is 16.5. The number of anilines is 1. The highest BCUT2D eigenvalue weighted by atomic mass is 35.5. The van der Waals surface area contributed by atoms with E-state index in [-0.39, 0.29) is 24.1 Å². The molecule has 2 aliphatic heterocycles. The Labute approximate surface area is 168 Å². The Morgan fingerprint density at radius 3 is 2.64 bits per heavy atom. The zero-order chi connectivity index (χ0) is 19.7. The van der Waals surface area contributed by atoms with Crippen LogP contribution in [0.1, 0.15) is 12.8 Å². The van der Waals surface area contributed by atoms with Crippen LogP contribution in [0, 0.1) is 5.92 Å². The first-order chi connectivity index (χ1) is 13.4. The van der Waals surface area contributed by atoms with E-state index in [4.69, 9.17) is 21.1 Å². The summed E-state index contributed by atoms with van der Waals surface area (Å²) in [5, 5.41) is 3.32. The van der Waals surface area contributed by atoms with E-state index in [2.05, 4.69) is 5.32 Å². The Kier molecular flexibility index (Phi) is 5.18. The van der Waals surface area contributed by atoms with Gasteiger partial charge >= 0.3 is 0 Å². The molecule has 0 saturated carbocycles. The van der Waals surface area contributed by atoms with Gasteiger partial charge in [-0.25, -0.2) is 8.42 Å². The largest absolute Gasteiger partial charge is 0.454 e. The standard InChI is InChI=1S/C19H19ClN2O5S/c20-14-3-6-16(7-4-14)28(24,25)22-9-1-2-13(11-22)19(23)21-15-5-8-17-18(10-15)27-12-26-17/h3-8,10,13H,1-2,9,11-12H2,(H,21,23)/t13-/m0/s1. The fraction of sp³-hybridized carbons (Fsp3) is 0.316. The lowest BCUT2D eigenvalue weighted by atomic mass is 9.98. The van der Waals surface area contributed by atoms with E-state index < -0.39 is 15.9 Å². The number of sulfonamides is 1. The molecule has 4 rings (SSSR count). The number of halogens is 1. The molecule has 28 heavy (non-hydrogen) atoms. The van der Waals surface area contributed by atoms with Gasteiger partial charge in [-0.2, -0.15) is 4.31 Å². The minimum Gasteiger partial charge on any atom is -0.454 e. The molecule has 2 heterocycles. The van der Waals surface area contributed by atoms with Crippen molar-refractivity contribution < 1.29 is 22.7 Å². The first-order valence-electron chi connectivity index (χ1n) is 8.90. The van der Waals surface area contributed by atoms with E-state index in [1.165, 1.54) is 16.4 Å². The van der Waals surface area contributed by atoms with Gasteiger partial charge in [0.15, 0.2) is 11.5 Å². The Morgan fingerprint density at radius 2 is 1.86 bits per heavy atom. The van der Waals surface area contributed by atoms with Crippen LogP contribution in [0.15, 0.2) is 47.4 Å². The molecule has 0 bridgehead atoms. The lowest BCUT2D eigenvalue weighted by Gasteiger charge is -2.31. The van der Waals surface area contributed by atoms with Gasteiger partial charge < -0.3 is 14.8 Å². The van der Waals surface area contributed by atoms with Gasteiger partial charge in [0.2, 0.25) is 22.7 Å². The molecule has 2 aromatic rings. The summed E-state index contributed by atoms with van der Waals surface area (Å²) < 4.78 is 37.7. The monoisotopic (exact) mass is 422 g/mol. The van der Waals surface area contributed by atoms with Gasteiger partial charge in [0.05, 0.1) is 10.8 Å². The normalized spacial score (nSPS) is 19.4. The fourth-order valence-corrected chi connectivity index (χ4v) is 5.00. The van der Waals surface area contributed by atoms with E-state index in [1.54, 1.807) is 30.3 Å². The van der Waals surface area contributed by atoms with E-state index in [1.807, 2.05) is 0 Å².